The molecule has 4 nitrogen and oxygen atoms in total. The van der Waals surface area contributed by atoms with E-state index in [1.165, 1.54) is 5.56 Å². The molecule has 1 aromatic carbocycles. The number of carbonyl (C=O) groups is 1. The Morgan fingerprint density at radius 2 is 2.33 bits per heavy atom. The fourth-order valence-corrected chi connectivity index (χ4v) is 2.54. The van der Waals surface area contributed by atoms with E-state index in [9.17, 15) is 9.00 Å². The van der Waals surface area contributed by atoms with Gasteiger partial charge in [0, 0.05) is 41.5 Å². The Kier molecular flexibility index (Phi) is 4.49. The molecule has 0 aromatic heterocycles. The van der Waals surface area contributed by atoms with Gasteiger partial charge in [-0.25, -0.2) is 0 Å². The molecule has 0 saturated heterocycles. The smallest absolute Gasteiger partial charge is 0.251 e. The van der Waals surface area contributed by atoms with Gasteiger partial charge in [-0.3, -0.25) is 9.00 Å². The lowest BCUT2D eigenvalue weighted by atomic mass is 9.95. The first kappa shape index (κ1) is 13.2. The highest BCUT2D eigenvalue weighted by atomic mass is 32.2. The van der Waals surface area contributed by atoms with Crippen LogP contribution in [0, 0.1) is 0 Å². The minimum absolute atomic E-state index is 0.0563. The Bertz CT molecular complexity index is 474. The quantitative estimate of drug-likeness (QED) is 0.831. The van der Waals surface area contributed by atoms with E-state index in [1.54, 1.807) is 6.26 Å². The van der Waals surface area contributed by atoms with Gasteiger partial charge in [-0.05, 0) is 30.2 Å². The third-order valence-corrected chi connectivity index (χ3v) is 3.84. The molecule has 1 atom stereocenters. The van der Waals surface area contributed by atoms with Crippen molar-refractivity contribution in [2.75, 3.05) is 25.1 Å². The van der Waals surface area contributed by atoms with Crippen LogP contribution in [0.3, 0.4) is 0 Å². The fraction of sp³-hybridized carbons (Fsp3) is 0.462. The van der Waals surface area contributed by atoms with E-state index in [0.29, 0.717) is 12.3 Å². The first-order chi connectivity index (χ1) is 8.68. The van der Waals surface area contributed by atoms with Crippen molar-refractivity contribution in [3.63, 3.8) is 0 Å². The first-order valence-corrected chi connectivity index (χ1v) is 7.81. The molecule has 1 unspecified atom stereocenters. The molecule has 0 saturated carbocycles. The average molecular weight is 266 g/mol. The molecular formula is C13H18N2O2S. The van der Waals surface area contributed by atoms with Gasteiger partial charge in [0.25, 0.3) is 5.91 Å². The average Bonchev–Trinajstić information content (AvgIpc) is 2.37. The van der Waals surface area contributed by atoms with Crippen LogP contribution >= 0.6 is 0 Å². The third-order valence-electron chi connectivity index (χ3n) is 3.06. The Balaban J connectivity index is 2.08. The van der Waals surface area contributed by atoms with E-state index < -0.39 is 10.8 Å². The summed E-state index contributed by atoms with van der Waals surface area (Å²) in [5, 5.41) is 6.12. The standard InChI is InChI=1S/C13H18N2O2S/c1-18(17)8-7-15-13(16)12-4-2-3-10-9-14-6-5-11(10)12/h2-4,14H,5-9H2,1H3,(H,15,16). The van der Waals surface area contributed by atoms with Crippen molar-refractivity contribution in [2.24, 2.45) is 0 Å². The number of rotatable bonds is 4. The molecular weight excluding hydrogens is 248 g/mol. The van der Waals surface area contributed by atoms with Crippen LogP contribution in [0.25, 0.3) is 0 Å². The number of benzene rings is 1. The molecule has 1 heterocycles. The van der Waals surface area contributed by atoms with Gasteiger partial charge in [0.1, 0.15) is 0 Å². The summed E-state index contributed by atoms with van der Waals surface area (Å²) < 4.78 is 10.9. The topological polar surface area (TPSA) is 58.2 Å². The second-order valence-corrected chi connectivity index (χ2v) is 5.96. The molecule has 0 bridgehead atoms. The molecule has 2 N–H and O–H groups in total. The Hall–Kier alpha value is -1.20. The van der Waals surface area contributed by atoms with E-state index in [4.69, 9.17) is 0 Å². The van der Waals surface area contributed by atoms with Crippen molar-refractivity contribution in [2.45, 2.75) is 13.0 Å². The summed E-state index contributed by atoms with van der Waals surface area (Å²) in [7, 11) is -0.865. The molecule has 18 heavy (non-hydrogen) atoms. The van der Waals surface area contributed by atoms with Crippen molar-refractivity contribution in [3.05, 3.63) is 34.9 Å². The van der Waals surface area contributed by atoms with Crippen LogP contribution in [0.5, 0.6) is 0 Å². The molecule has 1 amide bonds. The molecule has 0 radical (unpaired) electrons. The van der Waals surface area contributed by atoms with E-state index in [0.717, 1.165) is 30.6 Å². The Morgan fingerprint density at radius 3 is 3.11 bits per heavy atom. The lowest BCUT2D eigenvalue weighted by Gasteiger charge is -2.19. The van der Waals surface area contributed by atoms with E-state index in [-0.39, 0.29) is 5.91 Å². The van der Waals surface area contributed by atoms with Crippen molar-refractivity contribution in [1.29, 1.82) is 0 Å². The number of fused-ring (bicyclic) bond motifs is 1. The summed E-state index contributed by atoms with van der Waals surface area (Å²) in [5.74, 6) is 0.446. The molecule has 2 rings (SSSR count). The van der Waals surface area contributed by atoms with E-state index in [2.05, 4.69) is 16.7 Å². The van der Waals surface area contributed by atoms with Gasteiger partial charge in [-0.2, -0.15) is 0 Å². The van der Waals surface area contributed by atoms with Crippen LogP contribution in [0.2, 0.25) is 0 Å². The second-order valence-electron chi connectivity index (χ2n) is 4.40. The highest BCUT2D eigenvalue weighted by molar-refractivity contribution is 7.84. The third kappa shape index (κ3) is 3.17. The largest absolute Gasteiger partial charge is 0.351 e. The Morgan fingerprint density at radius 1 is 1.50 bits per heavy atom. The zero-order valence-corrected chi connectivity index (χ0v) is 11.3. The SMILES string of the molecule is CS(=O)CCNC(=O)c1cccc2c1CCNC2. The predicted molar refractivity (Wildman–Crippen MR) is 73.1 cm³/mol. The van der Waals surface area contributed by atoms with Gasteiger partial charge in [0.05, 0.1) is 0 Å². The number of hydrogen-bond donors (Lipinski definition) is 2. The van der Waals surface area contributed by atoms with Crippen molar-refractivity contribution in [1.82, 2.24) is 10.6 Å². The number of amides is 1. The normalized spacial score (nSPS) is 15.8. The van der Waals surface area contributed by atoms with Gasteiger partial charge < -0.3 is 10.6 Å². The van der Waals surface area contributed by atoms with Crippen molar-refractivity contribution >= 4 is 16.7 Å². The summed E-state index contributed by atoms with van der Waals surface area (Å²) in [6.07, 6.45) is 2.53. The lowest BCUT2D eigenvalue weighted by molar-refractivity contribution is 0.0955. The summed E-state index contributed by atoms with van der Waals surface area (Å²) in [6.45, 7) is 2.20. The van der Waals surface area contributed by atoms with Crippen molar-refractivity contribution in [3.8, 4) is 0 Å². The zero-order chi connectivity index (χ0) is 13.0. The number of hydrogen-bond acceptors (Lipinski definition) is 3. The highest BCUT2D eigenvalue weighted by Crippen LogP contribution is 2.18. The number of nitrogens with one attached hydrogen (secondary N) is 2. The number of carbonyl (C=O) groups excluding carboxylic acids is 1. The van der Waals surface area contributed by atoms with Gasteiger partial charge in [-0.15, -0.1) is 0 Å². The summed E-state index contributed by atoms with van der Waals surface area (Å²) in [5.41, 5.74) is 3.11. The molecule has 5 heteroatoms. The monoisotopic (exact) mass is 266 g/mol. The molecule has 0 fully saturated rings. The van der Waals surface area contributed by atoms with Gasteiger partial charge in [0.15, 0.2) is 0 Å². The fourth-order valence-electron chi connectivity index (χ4n) is 2.15. The highest BCUT2D eigenvalue weighted by Gasteiger charge is 2.16. The minimum atomic E-state index is -0.865. The maximum absolute atomic E-state index is 12.1. The maximum Gasteiger partial charge on any atom is 0.251 e. The molecule has 98 valence electrons. The first-order valence-electron chi connectivity index (χ1n) is 6.08. The van der Waals surface area contributed by atoms with Gasteiger partial charge in [-0.1, -0.05) is 12.1 Å². The second kappa shape index (κ2) is 6.11. The minimum Gasteiger partial charge on any atom is -0.351 e. The summed E-state index contributed by atoms with van der Waals surface area (Å²) in [4.78, 5) is 12.1. The maximum atomic E-state index is 12.1. The summed E-state index contributed by atoms with van der Waals surface area (Å²) >= 11 is 0. The van der Waals surface area contributed by atoms with E-state index in [1.807, 2.05) is 12.1 Å². The zero-order valence-electron chi connectivity index (χ0n) is 10.5. The van der Waals surface area contributed by atoms with Crippen LogP contribution < -0.4 is 10.6 Å². The van der Waals surface area contributed by atoms with Crippen LogP contribution in [0.15, 0.2) is 18.2 Å². The van der Waals surface area contributed by atoms with E-state index >= 15 is 0 Å². The van der Waals surface area contributed by atoms with Gasteiger partial charge in [0.2, 0.25) is 0 Å². The van der Waals surface area contributed by atoms with Gasteiger partial charge >= 0.3 is 0 Å². The predicted octanol–water partition coefficient (Wildman–Crippen LogP) is 0.441. The lowest BCUT2D eigenvalue weighted by Crippen LogP contribution is -2.31. The molecule has 0 aliphatic carbocycles. The molecule has 1 aromatic rings. The van der Waals surface area contributed by atoms with Crippen LogP contribution in [-0.4, -0.2) is 35.2 Å². The summed E-state index contributed by atoms with van der Waals surface area (Å²) in [6, 6.07) is 5.83. The Labute approximate surface area is 110 Å². The molecule has 0 spiro atoms. The molecule has 1 aliphatic heterocycles. The van der Waals surface area contributed by atoms with Crippen LogP contribution in [0.1, 0.15) is 21.5 Å². The molecule has 1 aliphatic rings. The van der Waals surface area contributed by atoms with Crippen LogP contribution in [-0.2, 0) is 23.8 Å². The van der Waals surface area contributed by atoms with Crippen LogP contribution in [0.4, 0.5) is 0 Å². The van der Waals surface area contributed by atoms with Crippen molar-refractivity contribution < 1.29 is 9.00 Å².